The number of piperidine rings is 2. The van der Waals surface area contributed by atoms with E-state index in [0.717, 1.165) is 54.6 Å². The van der Waals surface area contributed by atoms with Crippen molar-refractivity contribution in [2.24, 2.45) is 5.41 Å². The van der Waals surface area contributed by atoms with E-state index < -0.39 is 18.0 Å². The molecular formula is C46H54ClF2N11O5. The molecule has 2 aromatic carbocycles. The van der Waals surface area contributed by atoms with E-state index in [9.17, 15) is 19.2 Å². The molecule has 4 saturated heterocycles. The Morgan fingerprint density at radius 2 is 1.75 bits per heavy atom. The molecule has 0 bridgehead atoms. The molecule has 1 saturated carbocycles. The Labute approximate surface area is 380 Å². The predicted octanol–water partition coefficient (Wildman–Crippen LogP) is 5.23. The van der Waals surface area contributed by atoms with E-state index in [1.54, 1.807) is 48.8 Å². The molecule has 5 amide bonds. The lowest BCUT2D eigenvalue weighted by atomic mass is 9.71. The summed E-state index contributed by atoms with van der Waals surface area (Å²) in [6.07, 6.45) is 5.96. The third kappa shape index (κ3) is 7.85. The fraction of sp³-hybridized carbons (Fsp3) is 0.522. The molecule has 1 spiro atoms. The minimum Gasteiger partial charge on any atom is -0.385 e. The van der Waals surface area contributed by atoms with E-state index in [1.165, 1.54) is 4.90 Å². The SMILES string of the molecule is CNc1cc(N2CCc3c(CN4CC[C@@H](N5CCC6(CC5)CN(C(=O)c5cc(Cl)c(C)c(N7CCC(=O)NC7=O)c5)C6)C(F)(F)C4)cccc32)nn2c(C(=O)N[C@@H]3CC[C@H]3OC)cnc12. The van der Waals surface area contributed by atoms with E-state index >= 15 is 8.78 Å². The number of imide groups is 1. The molecule has 3 atom stereocenters. The average molecular weight is 914 g/mol. The number of hydrogen-bond donors (Lipinski definition) is 3. The van der Waals surface area contributed by atoms with Gasteiger partial charge in [-0.15, -0.1) is 5.10 Å². The van der Waals surface area contributed by atoms with Crippen LogP contribution < -0.4 is 25.8 Å². The molecule has 16 nitrogen and oxygen atoms in total. The van der Waals surface area contributed by atoms with Crippen molar-refractivity contribution in [2.75, 3.05) is 81.6 Å². The zero-order chi connectivity index (χ0) is 45.4. The molecule has 65 heavy (non-hydrogen) atoms. The molecule has 3 N–H and O–H groups in total. The van der Waals surface area contributed by atoms with Crippen molar-refractivity contribution in [3.05, 3.63) is 75.6 Å². The normalized spacial score (nSPS) is 24.2. The van der Waals surface area contributed by atoms with Crippen molar-refractivity contribution in [3.8, 4) is 0 Å². The second-order valence-electron chi connectivity index (χ2n) is 18.6. The van der Waals surface area contributed by atoms with Crippen LogP contribution in [0, 0.1) is 12.3 Å². The van der Waals surface area contributed by atoms with Gasteiger partial charge in [-0.1, -0.05) is 23.7 Å². The van der Waals surface area contributed by atoms with Gasteiger partial charge in [0.05, 0.1) is 42.3 Å². The van der Waals surface area contributed by atoms with Crippen LogP contribution in [-0.2, 0) is 22.5 Å². The second-order valence-corrected chi connectivity index (χ2v) is 19.0. The molecule has 2 aromatic heterocycles. The van der Waals surface area contributed by atoms with Crippen LogP contribution in [0.15, 0.2) is 42.6 Å². The van der Waals surface area contributed by atoms with E-state index in [2.05, 4.69) is 25.8 Å². The summed E-state index contributed by atoms with van der Waals surface area (Å²) >= 11 is 6.54. The molecule has 1 aliphatic carbocycles. The van der Waals surface area contributed by atoms with Gasteiger partial charge in [-0.05, 0) is 93.4 Å². The van der Waals surface area contributed by atoms with Gasteiger partial charge in [-0.25, -0.2) is 23.1 Å². The molecule has 0 radical (unpaired) electrons. The standard InChI is InChI=1S/C46H54ClF2N11O5/c1-27-31(47)19-29(20-35(27)59-16-11-40(61)53-44(59)64)43(63)57-24-45(25-57)12-17-56(18-13-45)38-10-14-55(26-46(38,48)49)23-28-5-4-6-34-30(28)9-15-58(34)39-21-33(50-2)41-51-22-36(60(41)54-39)42(62)52-32-7-8-37(32)65-3/h4-6,19-22,32,37-38,50H,7-18,23-26H2,1-3H3,(H,52,62)(H,53,61,64)/t32-,37-,38-/m1/s1. The van der Waals surface area contributed by atoms with E-state index in [0.29, 0.717) is 91.2 Å². The number of imidazole rings is 1. The highest BCUT2D eigenvalue weighted by Gasteiger charge is 2.52. The Kier molecular flexibility index (Phi) is 11.2. The molecule has 0 unspecified atom stereocenters. The average Bonchev–Trinajstić information content (AvgIpc) is 3.91. The Bertz CT molecular complexity index is 2570. The van der Waals surface area contributed by atoms with Gasteiger partial charge in [0.25, 0.3) is 17.7 Å². The lowest BCUT2D eigenvalue weighted by Gasteiger charge is -2.55. The summed E-state index contributed by atoms with van der Waals surface area (Å²) < 4.78 is 39.5. The fourth-order valence-corrected chi connectivity index (χ4v) is 11.1. The molecule has 7 heterocycles. The summed E-state index contributed by atoms with van der Waals surface area (Å²) in [5, 5.41) is 13.9. The second kappa shape index (κ2) is 16.8. The summed E-state index contributed by atoms with van der Waals surface area (Å²) in [6, 6.07) is 9.79. The van der Waals surface area contributed by atoms with Crippen molar-refractivity contribution in [3.63, 3.8) is 0 Å². The molecule has 344 valence electrons. The zero-order valence-electron chi connectivity index (χ0n) is 36.8. The van der Waals surface area contributed by atoms with Gasteiger partial charge in [0, 0.05) is 87.6 Å². The zero-order valence-corrected chi connectivity index (χ0v) is 37.6. The largest absolute Gasteiger partial charge is 0.385 e. The first-order chi connectivity index (χ1) is 31.2. The molecule has 4 aromatic rings. The van der Waals surface area contributed by atoms with Gasteiger partial charge in [0.2, 0.25) is 5.91 Å². The van der Waals surface area contributed by atoms with Crippen LogP contribution in [0.3, 0.4) is 0 Å². The van der Waals surface area contributed by atoms with Crippen LogP contribution >= 0.6 is 11.6 Å². The lowest BCUT2D eigenvalue weighted by molar-refractivity contribution is -0.143. The number of fused-ring (bicyclic) bond motifs is 2. The third-order valence-corrected chi connectivity index (χ3v) is 15.2. The van der Waals surface area contributed by atoms with Crippen molar-refractivity contribution in [1.82, 2.24) is 39.9 Å². The number of benzene rings is 2. The molecular weight excluding hydrogens is 860 g/mol. The van der Waals surface area contributed by atoms with E-state index in [4.69, 9.17) is 21.4 Å². The highest BCUT2D eigenvalue weighted by atomic mass is 35.5. The number of nitrogens with one attached hydrogen (secondary N) is 3. The van der Waals surface area contributed by atoms with Crippen molar-refractivity contribution in [1.29, 1.82) is 0 Å². The van der Waals surface area contributed by atoms with Crippen molar-refractivity contribution < 1.29 is 32.7 Å². The summed E-state index contributed by atoms with van der Waals surface area (Å²) in [5.41, 5.74) is 6.07. The quantitative estimate of drug-likeness (QED) is 0.191. The predicted molar refractivity (Wildman–Crippen MR) is 240 cm³/mol. The van der Waals surface area contributed by atoms with Crippen LogP contribution in [0.25, 0.3) is 5.65 Å². The number of aromatic nitrogens is 3. The number of rotatable bonds is 10. The molecule has 6 aliphatic rings. The van der Waals surface area contributed by atoms with Gasteiger partial charge in [-0.2, -0.15) is 0 Å². The number of carbonyl (C=O) groups excluding carboxylic acids is 4. The van der Waals surface area contributed by atoms with Gasteiger partial charge in [0.1, 0.15) is 0 Å². The highest BCUT2D eigenvalue weighted by molar-refractivity contribution is 6.32. The Morgan fingerprint density at radius 1 is 0.969 bits per heavy atom. The van der Waals surface area contributed by atoms with Crippen LogP contribution in [-0.4, -0.2) is 144 Å². The van der Waals surface area contributed by atoms with Gasteiger partial charge >= 0.3 is 6.03 Å². The first kappa shape index (κ1) is 43.5. The van der Waals surface area contributed by atoms with Gasteiger partial charge in [-0.3, -0.25) is 34.4 Å². The number of carbonyl (C=O) groups is 4. The monoisotopic (exact) mass is 913 g/mol. The molecule has 5 fully saturated rings. The molecule has 10 rings (SSSR count). The summed E-state index contributed by atoms with van der Waals surface area (Å²) in [4.78, 5) is 65.1. The Hall–Kier alpha value is -5.43. The van der Waals surface area contributed by atoms with Gasteiger partial charge in [0.15, 0.2) is 17.2 Å². The number of nitrogens with zero attached hydrogens (tertiary/aromatic N) is 8. The maximum Gasteiger partial charge on any atom is 0.328 e. The Balaban J connectivity index is 0.758. The molecule has 19 heteroatoms. The summed E-state index contributed by atoms with van der Waals surface area (Å²) in [6.45, 7) is 5.40. The summed E-state index contributed by atoms with van der Waals surface area (Å²) in [5.74, 6) is -3.06. The van der Waals surface area contributed by atoms with Crippen molar-refractivity contribution >= 4 is 63.9 Å². The number of ether oxygens (including phenoxy) is 1. The van der Waals surface area contributed by atoms with Crippen molar-refractivity contribution in [2.45, 2.75) is 82.5 Å². The number of alkyl halides is 2. The number of anilines is 4. The minimum absolute atomic E-state index is 0.00924. The number of halogens is 3. The maximum atomic E-state index is 16.2. The fourth-order valence-electron chi connectivity index (χ4n) is 10.9. The number of amides is 5. The smallest absolute Gasteiger partial charge is 0.328 e. The highest BCUT2D eigenvalue weighted by Crippen LogP contribution is 2.45. The van der Waals surface area contributed by atoms with Crippen LogP contribution in [0.1, 0.15) is 76.1 Å². The van der Waals surface area contributed by atoms with E-state index in [1.807, 2.05) is 34.1 Å². The van der Waals surface area contributed by atoms with Gasteiger partial charge < -0.3 is 25.2 Å². The minimum atomic E-state index is -2.91. The van der Waals surface area contributed by atoms with Crippen LogP contribution in [0.4, 0.5) is 36.5 Å². The first-order valence-electron chi connectivity index (χ1n) is 22.6. The number of urea groups is 1. The van der Waals surface area contributed by atoms with Crippen LogP contribution in [0.2, 0.25) is 5.02 Å². The number of likely N-dealkylation sites (tertiary alicyclic amines) is 3. The number of hydrogen-bond acceptors (Lipinski definition) is 11. The van der Waals surface area contributed by atoms with E-state index in [-0.39, 0.29) is 54.8 Å². The van der Waals surface area contributed by atoms with Crippen LogP contribution in [0.5, 0.6) is 0 Å². The topological polar surface area (TPSA) is 160 Å². The maximum absolute atomic E-state index is 16.2. The molecule has 5 aliphatic heterocycles. The Morgan fingerprint density at radius 3 is 2.46 bits per heavy atom. The first-order valence-corrected chi connectivity index (χ1v) is 23.0. The third-order valence-electron chi connectivity index (χ3n) is 14.8. The number of methoxy groups -OCH3 is 1. The summed E-state index contributed by atoms with van der Waals surface area (Å²) in [7, 11) is 3.46. The lowest BCUT2D eigenvalue weighted by Crippen LogP contribution is -2.65.